The van der Waals surface area contributed by atoms with E-state index >= 15 is 0 Å². The molecule has 11 heteroatoms. The van der Waals surface area contributed by atoms with E-state index < -0.39 is 0 Å². The molecule has 2 aromatic carbocycles. The number of rotatable bonds is 10. The average molecular weight is 461 g/mol. The van der Waals surface area contributed by atoms with Crippen LogP contribution >= 0.6 is 0 Å². The second-order valence-corrected chi connectivity index (χ2v) is 7.02. The molecule has 0 spiro atoms. The van der Waals surface area contributed by atoms with Gasteiger partial charge in [0.2, 0.25) is 0 Å². The van der Waals surface area contributed by atoms with Crippen molar-refractivity contribution in [2.24, 2.45) is 5.10 Å². The fourth-order valence-corrected chi connectivity index (χ4v) is 3.05. The summed E-state index contributed by atoms with van der Waals surface area (Å²) in [6.45, 7) is 0.504. The summed E-state index contributed by atoms with van der Waals surface area (Å²) < 4.78 is 10.7. The lowest BCUT2D eigenvalue weighted by Gasteiger charge is -2.11. The Labute approximate surface area is 195 Å². The zero-order valence-corrected chi connectivity index (χ0v) is 18.3. The number of benzene rings is 2. The van der Waals surface area contributed by atoms with Crippen molar-refractivity contribution >= 4 is 34.6 Å². The van der Waals surface area contributed by atoms with Gasteiger partial charge in [0.1, 0.15) is 29.4 Å². The molecule has 4 rings (SSSR count). The van der Waals surface area contributed by atoms with E-state index in [9.17, 15) is 5.11 Å². The summed E-state index contributed by atoms with van der Waals surface area (Å²) >= 11 is 0. The zero-order valence-electron chi connectivity index (χ0n) is 18.3. The minimum atomic E-state index is 0.0494. The summed E-state index contributed by atoms with van der Waals surface area (Å²) in [5.74, 6) is 1.97. The van der Waals surface area contributed by atoms with Gasteiger partial charge >= 0.3 is 0 Å². The first-order valence-corrected chi connectivity index (χ1v) is 10.4. The van der Waals surface area contributed by atoms with Crippen LogP contribution < -0.4 is 20.2 Å². The molecule has 11 nitrogen and oxygen atoms in total. The summed E-state index contributed by atoms with van der Waals surface area (Å²) in [6, 6.07) is 12.3. The first-order chi connectivity index (χ1) is 16.7. The van der Waals surface area contributed by atoms with Crippen LogP contribution in [0.15, 0.2) is 60.2 Å². The molecule has 4 aromatic rings. The maximum Gasteiger partial charge on any atom is 0.176 e. The maximum atomic E-state index is 9.71. The number of phenolic OH excluding ortho intramolecular Hbond substituents is 1. The molecule has 0 amide bonds. The Morgan fingerprint density at radius 3 is 2.59 bits per heavy atom. The SMILES string of the molecule is COc1cc(/C=N/Nc2ncnc3c(Nc4cccc(OCCCO)c4)ncnc23)ccc1O. The number of aromatic hydroxyl groups is 1. The highest BCUT2D eigenvalue weighted by Crippen LogP contribution is 2.27. The number of anilines is 3. The number of hydrogen-bond acceptors (Lipinski definition) is 11. The monoisotopic (exact) mass is 461 g/mol. The maximum absolute atomic E-state index is 9.71. The lowest BCUT2D eigenvalue weighted by Crippen LogP contribution is -2.02. The summed E-state index contributed by atoms with van der Waals surface area (Å²) in [7, 11) is 1.48. The summed E-state index contributed by atoms with van der Waals surface area (Å²) in [4.78, 5) is 17.2. The predicted octanol–water partition coefficient (Wildman–Crippen LogP) is 3.08. The van der Waals surface area contributed by atoms with Gasteiger partial charge in [0.25, 0.3) is 0 Å². The van der Waals surface area contributed by atoms with Crippen LogP contribution in [0.5, 0.6) is 17.2 Å². The van der Waals surface area contributed by atoms with Crippen molar-refractivity contribution in [3.63, 3.8) is 0 Å². The smallest absolute Gasteiger partial charge is 0.176 e. The lowest BCUT2D eigenvalue weighted by atomic mass is 10.2. The van der Waals surface area contributed by atoms with Crippen LogP contribution in [0.3, 0.4) is 0 Å². The van der Waals surface area contributed by atoms with Crippen molar-refractivity contribution in [2.75, 3.05) is 31.1 Å². The first-order valence-electron chi connectivity index (χ1n) is 10.4. The molecule has 0 radical (unpaired) electrons. The zero-order chi connectivity index (χ0) is 23.8. The molecule has 4 N–H and O–H groups in total. The quantitative estimate of drug-likeness (QED) is 0.158. The van der Waals surface area contributed by atoms with Crippen molar-refractivity contribution in [2.45, 2.75) is 6.42 Å². The van der Waals surface area contributed by atoms with Crippen LogP contribution in [0.1, 0.15) is 12.0 Å². The van der Waals surface area contributed by atoms with Crippen LogP contribution in [-0.2, 0) is 0 Å². The van der Waals surface area contributed by atoms with Gasteiger partial charge in [-0.1, -0.05) is 6.07 Å². The number of hydrazone groups is 1. The number of aliphatic hydroxyl groups excluding tert-OH is 1. The van der Waals surface area contributed by atoms with E-state index in [4.69, 9.17) is 14.6 Å². The van der Waals surface area contributed by atoms with E-state index in [-0.39, 0.29) is 12.4 Å². The van der Waals surface area contributed by atoms with Crippen LogP contribution in [0.25, 0.3) is 11.0 Å². The molecule has 0 bridgehead atoms. The molecule has 0 unspecified atom stereocenters. The number of nitrogens with one attached hydrogen (secondary N) is 2. The highest BCUT2D eigenvalue weighted by molar-refractivity contribution is 5.93. The number of nitrogens with zero attached hydrogens (tertiary/aromatic N) is 5. The van der Waals surface area contributed by atoms with E-state index in [1.54, 1.807) is 18.3 Å². The van der Waals surface area contributed by atoms with Gasteiger partial charge in [-0.3, -0.25) is 5.43 Å². The second kappa shape index (κ2) is 10.9. The molecular weight excluding hydrogens is 438 g/mol. The Morgan fingerprint density at radius 1 is 1.00 bits per heavy atom. The van der Waals surface area contributed by atoms with E-state index in [0.717, 1.165) is 11.3 Å². The summed E-state index contributed by atoms with van der Waals surface area (Å²) in [5, 5.41) is 26.1. The largest absolute Gasteiger partial charge is 0.504 e. The predicted molar refractivity (Wildman–Crippen MR) is 128 cm³/mol. The molecular formula is C23H23N7O4. The summed E-state index contributed by atoms with van der Waals surface area (Å²) in [5.41, 5.74) is 5.34. The third kappa shape index (κ3) is 5.45. The third-order valence-electron chi connectivity index (χ3n) is 4.68. The second-order valence-electron chi connectivity index (χ2n) is 7.02. The van der Waals surface area contributed by atoms with E-state index in [2.05, 4.69) is 35.8 Å². The molecule has 0 atom stereocenters. The topological polar surface area (TPSA) is 147 Å². The highest BCUT2D eigenvalue weighted by Gasteiger charge is 2.11. The van der Waals surface area contributed by atoms with Gasteiger partial charge < -0.3 is 25.0 Å². The minimum absolute atomic E-state index is 0.0494. The van der Waals surface area contributed by atoms with E-state index in [1.807, 2.05) is 24.3 Å². The molecule has 0 aliphatic carbocycles. The van der Waals surface area contributed by atoms with E-state index in [1.165, 1.54) is 25.8 Å². The standard InChI is InChI=1S/C23H23N7O4/c1-33-19-10-15(6-7-18(19)32)12-28-30-23-21-20(24-14-27-23)22(26-13-25-21)29-16-4-2-5-17(11-16)34-9-3-8-31/h2,4-7,10-14,31-32H,3,8-9H2,1H3,(H,24,27,30)(H,25,26,29)/b28-12+. The average Bonchev–Trinajstić information content (AvgIpc) is 2.86. The Hall–Kier alpha value is -4.51. The summed E-state index contributed by atoms with van der Waals surface area (Å²) in [6.07, 6.45) is 4.93. The van der Waals surface area contributed by atoms with Gasteiger partial charge in [0, 0.05) is 24.8 Å². The molecule has 174 valence electrons. The van der Waals surface area contributed by atoms with Gasteiger partial charge in [0.15, 0.2) is 23.1 Å². The van der Waals surface area contributed by atoms with Crippen molar-refractivity contribution in [3.8, 4) is 17.2 Å². The number of hydrogen-bond donors (Lipinski definition) is 4. The number of ether oxygens (including phenoxy) is 2. The first kappa shape index (κ1) is 22.7. The highest BCUT2D eigenvalue weighted by atomic mass is 16.5. The Bertz CT molecular complexity index is 1300. The van der Waals surface area contributed by atoms with Gasteiger partial charge in [-0.05, 0) is 35.9 Å². The third-order valence-corrected chi connectivity index (χ3v) is 4.68. The van der Waals surface area contributed by atoms with Crippen molar-refractivity contribution < 1.29 is 19.7 Å². The molecule has 0 saturated carbocycles. The number of fused-ring (bicyclic) bond motifs is 1. The Balaban J connectivity index is 1.53. The molecule has 0 aliphatic heterocycles. The molecule has 0 aliphatic rings. The fourth-order valence-electron chi connectivity index (χ4n) is 3.05. The number of aromatic nitrogens is 4. The van der Waals surface area contributed by atoms with Gasteiger partial charge in [-0.2, -0.15) is 5.10 Å². The van der Waals surface area contributed by atoms with Crippen molar-refractivity contribution in [1.82, 2.24) is 19.9 Å². The van der Waals surface area contributed by atoms with E-state index in [0.29, 0.717) is 47.2 Å². The molecule has 34 heavy (non-hydrogen) atoms. The number of methoxy groups -OCH3 is 1. The number of phenols is 1. The van der Waals surface area contributed by atoms with Crippen LogP contribution in [0, 0.1) is 0 Å². The molecule has 2 aromatic heterocycles. The molecule has 0 saturated heterocycles. The fraction of sp³-hybridized carbons (Fsp3) is 0.174. The lowest BCUT2D eigenvalue weighted by molar-refractivity contribution is 0.233. The molecule has 0 fully saturated rings. The van der Waals surface area contributed by atoms with Gasteiger partial charge in [0.05, 0.1) is 19.9 Å². The molecule has 2 heterocycles. The van der Waals surface area contributed by atoms with Crippen molar-refractivity contribution in [3.05, 3.63) is 60.7 Å². The van der Waals surface area contributed by atoms with Gasteiger partial charge in [-0.25, -0.2) is 19.9 Å². The Kier molecular flexibility index (Phi) is 7.25. The van der Waals surface area contributed by atoms with Crippen LogP contribution in [-0.4, -0.2) is 56.7 Å². The van der Waals surface area contributed by atoms with Crippen LogP contribution in [0.2, 0.25) is 0 Å². The van der Waals surface area contributed by atoms with Crippen LogP contribution in [0.4, 0.5) is 17.3 Å². The number of aliphatic hydroxyl groups is 1. The normalized spacial score (nSPS) is 11.0. The van der Waals surface area contributed by atoms with Crippen molar-refractivity contribution in [1.29, 1.82) is 0 Å². The Morgan fingerprint density at radius 2 is 1.79 bits per heavy atom. The minimum Gasteiger partial charge on any atom is -0.504 e. The van der Waals surface area contributed by atoms with Gasteiger partial charge in [-0.15, -0.1) is 0 Å².